The minimum Gasteiger partial charge on any atom is -0.495 e. The number of nitrogens with zero attached hydrogens (tertiary/aromatic N) is 1. The number of imide groups is 1. The zero-order chi connectivity index (χ0) is 23.9. The summed E-state index contributed by atoms with van der Waals surface area (Å²) in [6, 6.07) is 16.5. The molecule has 0 radical (unpaired) electrons. The zero-order valence-electron chi connectivity index (χ0n) is 19.2. The summed E-state index contributed by atoms with van der Waals surface area (Å²) in [5.41, 5.74) is 6.21. The van der Waals surface area contributed by atoms with Crippen molar-refractivity contribution in [3.8, 4) is 5.75 Å². The van der Waals surface area contributed by atoms with Crippen molar-refractivity contribution in [3.63, 3.8) is 0 Å². The first kappa shape index (κ1) is 22.6. The maximum atomic E-state index is 13.7. The Hall–Kier alpha value is -3.57. The molecule has 3 aromatic rings. The van der Waals surface area contributed by atoms with Gasteiger partial charge in [0.15, 0.2) is 0 Å². The predicted octanol–water partition coefficient (Wildman–Crippen LogP) is 5.98. The third-order valence-corrected chi connectivity index (χ3v) is 6.31. The van der Waals surface area contributed by atoms with Gasteiger partial charge in [0.25, 0.3) is 11.8 Å². The van der Waals surface area contributed by atoms with Crippen LogP contribution < -0.4 is 15.0 Å². The minimum absolute atomic E-state index is 0.198. The Morgan fingerprint density at radius 3 is 2.21 bits per heavy atom. The Labute approximate surface area is 198 Å². The molecule has 2 amide bonds. The van der Waals surface area contributed by atoms with Gasteiger partial charge in [-0.15, -0.1) is 0 Å². The molecular formula is C27H25ClN2O3. The maximum Gasteiger partial charge on any atom is 0.282 e. The van der Waals surface area contributed by atoms with Gasteiger partial charge in [-0.2, -0.15) is 0 Å². The minimum atomic E-state index is -0.447. The summed E-state index contributed by atoms with van der Waals surface area (Å²) >= 11 is 6.31. The second-order valence-electron chi connectivity index (χ2n) is 8.26. The molecule has 0 aromatic heterocycles. The molecule has 1 aliphatic rings. The van der Waals surface area contributed by atoms with Gasteiger partial charge >= 0.3 is 0 Å². The van der Waals surface area contributed by atoms with E-state index in [1.807, 2.05) is 64.1 Å². The summed E-state index contributed by atoms with van der Waals surface area (Å²) in [6.45, 7) is 7.81. The number of ether oxygens (including phenoxy) is 1. The Kier molecular flexibility index (Phi) is 6.00. The third kappa shape index (κ3) is 4.12. The number of methoxy groups -OCH3 is 1. The molecule has 0 unspecified atom stereocenters. The fourth-order valence-electron chi connectivity index (χ4n) is 3.82. The van der Waals surface area contributed by atoms with Gasteiger partial charge in [0, 0.05) is 5.02 Å². The molecule has 0 atom stereocenters. The molecule has 0 spiro atoms. The molecule has 4 rings (SSSR count). The molecule has 0 saturated carbocycles. The molecule has 0 bridgehead atoms. The summed E-state index contributed by atoms with van der Waals surface area (Å²) in [6.07, 6.45) is 0. The normalized spacial score (nSPS) is 13.7. The molecule has 3 aromatic carbocycles. The molecule has 0 aliphatic carbocycles. The standard InChI is InChI=1S/C27H25ClN2O3/c1-15-6-11-23(33-5)22(12-15)29-25-24(19-9-7-16(2)18(4)13-19)26(31)30(27(25)32)20-10-8-17(3)21(28)14-20/h6-14,29H,1-5H3. The van der Waals surface area contributed by atoms with E-state index < -0.39 is 11.8 Å². The van der Waals surface area contributed by atoms with Crippen molar-refractivity contribution in [3.05, 3.63) is 93.1 Å². The van der Waals surface area contributed by atoms with Crippen LogP contribution in [0.15, 0.2) is 60.3 Å². The molecule has 1 heterocycles. The fourth-order valence-corrected chi connectivity index (χ4v) is 3.99. The van der Waals surface area contributed by atoms with E-state index in [1.54, 1.807) is 25.3 Å². The zero-order valence-corrected chi connectivity index (χ0v) is 20.0. The first-order chi connectivity index (χ1) is 15.7. The van der Waals surface area contributed by atoms with Gasteiger partial charge in [0.2, 0.25) is 0 Å². The Morgan fingerprint density at radius 2 is 1.55 bits per heavy atom. The molecule has 5 nitrogen and oxygen atoms in total. The van der Waals surface area contributed by atoms with Gasteiger partial charge in [-0.25, -0.2) is 4.90 Å². The molecule has 33 heavy (non-hydrogen) atoms. The number of amides is 2. The summed E-state index contributed by atoms with van der Waals surface area (Å²) in [5.74, 6) is -0.279. The number of benzene rings is 3. The lowest BCUT2D eigenvalue weighted by molar-refractivity contribution is -0.120. The first-order valence-corrected chi connectivity index (χ1v) is 11.0. The number of rotatable bonds is 5. The van der Waals surface area contributed by atoms with Crippen molar-refractivity contribution in [1.82, 2.24) is 0 Å². The van der Waals surface area contributed by atoms with Crippen molar-refractivity contribution in [2.45, 2.75) is 27.7 Å². The van der Waals surface area contributed by atoms with E-state index in [2.05, 4.69) is 5.32 Å². The van der Waals surface area contributed by atoms with Crippen molar-refractivity contribution in [1.29, 1.82) is 0 Å². The Bertz CT molecular complexity index is 1330. The third-order valence-electron chi connectivity index (χ3n) is 5.91. The number of hydrogen-bond donors (Lipinski definition) is 1. The van der Waals surface area contributed by atoms with Crippen LogP contribution >= 0.6 is 11.6 Å². The number of nitrogens with one attached hydrogen (secondary N) is 1. The van der Waals surface area contributed by atoms with Gasteiger partial charge in [0.05, 0.1) is 24.1 Å². The van der Waals surface area contributed by atoms with Crippen LogP contribution in [0.1, 0.15) is 27.8 Å². The van der Waals surface area contributed by atoms with E-state index in [9.17, 15) is 9.59 Å². The van der Waals surface area contributed by atoms with Crippen LogP contribution in [0, 0.1) is 27.7 Å². The molecule has 0 fully saturated rings. The van der Waals surface area contributed by atoms with Crippen LogP contribution in [0.5, 0.6) is 5.75 Å². The highest BCUT2D eigenvalue weighted by Gasteiger charge is 2.40. The maximum absolute atomic E-state index is 13.7. The van der Waals surface area contributed by atoms with E-state index >= 15 is 0 Å². The summed E-state index contributed by atoms with van der Waals surface area (Å²) in [7, 11) is 1.57. The lowest BCUT2D eigenvalue weighted by Gasteiger charge is -2.17. The number of halogens is 1. The van der Waals surface area contributed by atoms with Crippen LogP contribution in [-0.2, 0) is 9.59 Å². The number of hydrogen-bond acceptors (Lipinski definition) is 4. The van der Waals surface area contributed by atoms with Crippen molar-refractivity contribution < 1.29 is 14.3 Å². The second-order valence-corrected chi connectivity index (χ2v) is 8.66. The van der Waals surface area contributed by atoms with E-state index in [4.69, 9.17) is 16.3 Å². The Morgan fingerprint density at radius 1 is 0.818 bits per heavy atom. The first-order valence-electron chi connectivity index (χ1n) is 10.6. The number of aryl methyl sites for hydroxylation is 4. The van der Waals surface area contributed by atoms with Crippen molar-refractivity contribution in [2.24, 2.45) is 0 Å². The molecular weight excluding hydrogens is 436 g/mol. The molecule has 1 aliphatic heterocycles. The lowest BCUT2D eigenvalue weighted by atomic mass is 9.99. The van der Waals surface area contributed by atoms with Crippen LogP contribution in [0.2, 0.25) is 5.02 Å². The van der Waals surface area contributed by atoms with Crippen LogP contribution in [0.4, 0.5) is 11.4 Å². The average molecular weight is 461 g/mol. The fraction of sp³-hybridized carbons (Fsp3) is 0.185. The summed E-state index contributed by atoms with van der Waals surface area (Å²) in [4.78, 5) is 28.5. The number of carbonyl (C=O) groups excluding carboxylic acids is 2. The highest BCUT2D eigenvalue weighted by molar-refractivity contribution is 6.46. The SMILES string of the molecule is COc1ccc(C)cc1NC1=C(c2ccc(C)c(C)c2)C(=O)N(c2ccc(C)c(Cl)c2)C1=O. The van der Waals surface area contributed by atoms with Crippen molar-refractivity contribution in [2.75, 3.05) is 17.3 Å². The molecule has 0 saturated heterocycles. The van der Waals surface area contributed by atoms with Crippen LogP contribution in [0.3, 0.4) is 0 Å². The van der Waals surface area contributed by atoms with Gasteiger partial charge in [-0.05, 0) is 79.8 Å². The topological polar surface area (TPSA) is 58.6 Å². The molecule has 6 heteroatoms. The second kappa shape index (κ2) is 8.75. The van der Waals surface area contributed by atoms with E-state index in [1.165, 1.54) is 4.90 Å². The molecule has 168 valence electrons. The highest BCUT2D eigenvalue weighted by atomic mass is 35.5. The smallest absolute Gasteiger partial charge is 0.282 e. The quantitative estimate of drug-likeness (QED) is 0.476. The van der Waals surface area contributed by atoms with Gasteiger partial charge in [0.1, 0.15) is 11.4 Å². The predicted molar refractivity (Wildman–Crippen MR) is 133 cm³/mol. The van der Waals surface area contributed by atoms with Crippen LogP contribution in [0.25, 0.3) is 5.57 Å². The lowest BCUT2D eigenvalue weighted by Crippen LogP contribution is -2.32. The highest BCUT2D eigenvalue weighted by Crippen LogP contribution is 2.37. The molecule has 1 N–H and O–H groups in total. The monoisotopic (exact) mass is 460 g/mol. The largest absolute Gasteiger partial charge is 0.495 e. The van der Waals surface area contributed by atoms with Gasteiger partial charge in [-0.1, -0.05) is 41.9 Å². The summed E-state index contributed by atoms with van der Waals surface area (Å²) < 4.78 is 5.48. The van der Waals surface area contributed by atoms with E-state index in [0.29, 0.717) is 33.3 Å². The van der Waals surface area contributed by atoms with Gasteiger partial charge in [-0.3, -0.25) is 9.59 Å². The summed E-state index contributed by atoms with van der Waals surface area (Å²) in [5, 5.41) is 3.69. The number of carbonyl (C=O) groups is 2. The number of anilines is 2. The van der Waals surface area contributed by atoms with E-state index in [-0.39, 0.29) is 5.70 Å². The van der Waals surface area contributed by atoms with Gasteiger partial charge < -0.3 is 10.1 Å². The van der Waals surface area contributed by atoms with Crippen LogP contribution in [-0.4, -0.2) is 18.9 Å². The Balaban J connectivity index is 1.88. The van der Waals surface area contributed by atoms with E-state index in [0.717, 1.165) is 22.3 Å². The van der Waals surface area contributed by atoms with Crippen molar-refractivity contribution >= 4 is 40.4 Å². The average Bonchev–Trinajstić information content (AvgIpc) is 3.02.